The maximum absolute atomic E-state index is 5.62. The van der Waals surface area contributed by atoms with E-state index >= 15 is 0 Å². The minimum Gasteiger partial charge on any atom is -0.399 e. The fourth-order valence-corrected chi connectivity index (χ4v) is 1.05. The zero-order valence-electron chi connectivity index (χ0n) is 7.92. The molecule has 72 valence electrons. The second-order valence-corrected chi connectivity index (χ2v) is 2.90. The van der Waals surface area contributed by atoms with Crippen molar-refractivity contribution >= 4 is 5.69 Å². The maximum atomic E-state index is 5.62. The van der Waals surface area contributed by atoms with E-state index in [1.807, 2.05) is 31.3 Å². The highest BCUT2D eigenvalue weighted by molar-refractivity contribution is 5.40. The van der Waals surface area contributed by atoms with Crippen molar-refractivity contribution in [3.05, 3.63) is 29.8 Å². The van der Waals surface area contributed by atoms with E-state index in [4.69, 9.17) is 10.5 Å². The molecule has 0 aliphatic heterocycles. The van der Waals surface area contributed by atoms with E-state index in [0.717, 1.165) is 24.4 Å². The van der Waals surface area contributed by atoms with Gasteiger partial charge in [-0.1, -0.05) is 12.1 Å². The first-order valence-corrected chi connectivity index (χ1v) is 4.39. The lowest BCUT2D eigenvalue weighted by Crippen LogP contribution is -2.14. The van der Waals surface area contributed by atoms with E-state index in [-0.39, 0.29) is 0 Å². The van der Waals surface area contributed by atoms with E-state index < -0.39 is 0 Å². The molecule has 0 aliphatic carbocycles. The number of ether oxygens (including phenoxy) is 1. The Morgan fingerprint density at radius 1 is 1.46 bits per heavy atom. The Balaban J connectivity index is 2.28. The first-order valence-electron chi connectivity index (χ1n) is 4.39. The highest BCUT2D eigenvalue weighted by Crippen LogP contribution is 2.07. The van der Waals surface area contributed by atoms with Crippen LogP contribution < -0.4 is 11.1 Å². The molecule has 1 aromatic rings. The van der Waals surface area contributed by atoms with Crippen LogP contribution in [0.1, 0.15) is 5.56 Å². The van der Waals surface area contributed by atoms with Gasteiger partial charge in [-0.3, -0.25) is 0 Å². The minimum absolute atomic E-state index is 0.632. The van der Waals surface area contributed by atoms with Crippen LogP contribution in [0.3, 0.4) is 0 Å². The van der Waals surface area contributed by atoms with Crippen molar-refractivity contribution in [2.75, 3.05) is 25.9 Å². The van der Waals surface area contributed by atoms with E-state index in [2.05, 4.69) is 5.32 Å². The van der Waals surface area contributed by atoms with Crippen LogP contribution in [-0.2, 0) is 11.3 Å². The molecule has 0 heterocycles. The summed E-state index contributed by atoms with van der Waals surface area (Å²) in [6, 6.07) is 7.75. The molecule has 3 nitrogen and oxygen atoms in total. The highest BCUT2D eigenvalue weighted by Gasteiger charge is 1.92. The molecule has 0 aliphatic rings. The van der Waals surface area contributed by atoms with Gasteiger partial charge in [-0.05, 0) is 24.7 Å². The molecule has 0 amide bonds. The Labute approximate surface area is 78.9 Å². The van der Waals surface area contributed by atoms with Gasteiger partial charge >= 0.3 is 0 Å². The van der Waals surface area contributed by atoms with Crippen molar-refractivity contribution in [3.63, 3.8) is 0 Å². The van der Waals surface area contributed by atoms with Gasteiger partial charge in [-0.15, -0.1) is 0 Å². The van der Waals surface area contributed by atoms with E-state index in [9.17, 15) is 0 Å². The number of anilines is 1. The monoisotopic (exact) mass is 180 g/mol. The molecular formula is C10H16N2O. The highest BCUT2D eigenvalue weighted by atomic mass is 16.5. The van der Waals surface area contributed by atoms with E-state index in [1.165, 1.54) is 0 Å². The van der Waals surface area contributed by atoms with Crippen LogP contribution >= 0.6 is 0 Å². The van der Waals surface area contributed by atoms with Crippen LogP contribution in [0.5, 0.6) is 0 Å². The largest absolute Gasteiger partial charge is 0.399 e. The molecule has 1 aromatic carbocycles. The molecule has 0 saturated carbocycles. The topological polar surface area (TPSA) is 47.3 Å². The van der Waals surface area contributed by atoms with Crippen LogP contribution in [-0.4, -0.2) is 20.2 Å². The average Bonchev–Trinajstić information content (AvgIpc) is 2.13. The van der Waals surface area contributed by atoms with Crippen LogP contribution in [0.4, 0.5) is 5.69 Å². The fourth-order valence-electron chi connectivity index (χ4n) is 1.05. The summed E-state index contributed by atoms with van der Waals surface area (Å²) in [7, 11) is 1.91. The smallest absolute Gasteiger partial charge is 0.0718 e. The number of rotatable bonds is 5. The molecule has 0 radical (unpaired) electrons. The van der Waals surface area contributed by atoms with Gasteiger partial charge in [0, 0.05) is 12.2 Å². The van der Waals surface area contributed by atoms with Crippen LogP contribution in [0.15, 0.2) is 24.3 Å². The Kier molecular flexibility index (Phi) is 4.29. The maximum Gasteiger partial charge on any atom is 0.0718 e. The van der Waals surface area contributed by atoms with Crippen molar-refractivity contribution in [1.29, 1.82) is 0 Å². The molecule has 0 unspecified atom stereocenters. The quantitative estimate of drug-likeness (QED) is 0.525. The lowest BCUT2D eigenvalue weighted by molar-refractivity contribution is 0.124. The first-order chi connectivity index (χ1) is 6.33. The second kappa shape index (κ2) is 5.56. The molecule has 3 heteroatoms. The van der Waals surface area contributed by atoms with Crippen LogP contribution in [0.25, 0.3) is 0 Å². The van der Waals surface area contributed by atoms with Crippen molar-refractivity contribution < 1.29 is 4.74 Å². The Bertz CT molecular complexity index is 250. The number of nitrogen functional groups attached to an aromatic ring is 1. The lowest BCUT2D eigenvalue weighted by Gasteiger charge is -2.04. The molecule has 1 rings (SSSR count). The Morgan fingerprint density at radius 3 is 3.00 bits per heavy atom. The third-order valence-corrected chi connectivity index (χ3v) is 1.72. The minimum atomic E-state index is 0.632. The Morgan fingerprint density at radius 2 is 2.31 bits per heavy atom. The summed E-state index contributed by atoms with van der Waals surface area (Å²) in [5, 5.41) is 3.02. The molecule has 0 atom stereocenters. The number of hydrogen-bond acceptors (Lipinski definition) is 3. The molecule has 13 heavy (non-hydrogen) atoms. The number of nitrogens with two attached hydrogens (primary N) is 1. The van der Waals surface area contributed by atoms with Gasteiger partial charge in [0.05, 0.1) is 13.2 Å². The van der Waals surface area contributed by atoms with Gasteiger partial charge < -0.3 is 15.8 Å². The predicted molar refractivity (Wildman–Crippen MR) is 54.4 cm³/mol. The molecular weight excluding hydrogens is 164 g/mol. The van der Waals surface area contributed by atoms with E-state index in [1.54, 1.807) is 0 Å². The number of hydrogen-bond donors (Lipinski definition) is 2. The van der Waals surface area contributed by atoms with Crippen LogP contribution in [0.2, 0.25) is 0 Å². The van der Waals surface area contributed by atoms with Crippen LogP contribution in [0, 0.1) is 0 Å². The number of likely N-dealkylation sites (N-methyl/N-ethyl adjacent to an activating group) is 1. The molecule has 0 spiro atoms. The lowest BCUT2D eigenvalue weighted by atomic mass is 10.2. The first kappa shape index (κ1) is 10.0. The summed E-state index contributed by atoms with van der Waals surface area (Å²) in [5.41, 5.74) is 7.53. The summed E-state index contributed by atoms with van der Waals surface area (Å²) in [6.07, 6.45) is 0. The summed E-state index contributed by atoms with van der Waals surface area (Å²) >= 11 is 0. The van der Waals surface area contributed by atoms with Crippen molar-refractivity contribution in [1.82, 2.24) is 5.32 Å². The molecule has 0 saturated heterocycles. The average molecular weight is 180 g/mol. The van der Waals surface area contributed by atoms with Gasteiger partial charge in [0.1, 0.15) is 0 Å². The van der Waals surface area contributed by atoms with Gasteiger partial charge in [0.2, 0.25) is 0 Å². The summed E-state index contributed by atoms with van der Waals surface area (Å²) in [4.78, 5) is 0. The Hall–Kier alpha value is -1.06. The van der Waals surface area contributed by atoms with Crippen molar-refractivity contribution in [2.45, 2.75) is 6.61 Å². The number of nitrogens with one attached hydrogen (secondary N) is 1. The second-order valence-electron chi connectivity index (χ2n) is 2.90. The van der Waals surface area contributed by atoms with Crippen molar-refractivity contribution in [2.24, 2.45) is 0 Å². The van der Waals surface area contributed by atoms with E-state index in [0.29, 0.717) is 6.61 Å². The molecule has 0 fully saturated rings. The fraction of sp³-hybridized carbons (Fsp3) is 0.400. The van der Waals surface area contributed by atoms with Gasteiger partial charge in [-0.2, -0.15) is 0 Å². The van der Waals surface area contributed by atoms with Crippen molar-refractivity contribution in [3.8, 4) is 0 Å². The summed E-state index contributed by atoms with van der Waals surface area (Å²) in [5.74, 6) is 0. The zero-order chi connectivity index (χ0) is 9.52. The standard InChI is InChI=1S/C10H16N2O/c1-12-5-6-13-8-9-3-2-4-10(11)7-9/h2-4,7,12H,5-6,8,11H2,1H3. The third kappa shape index (κ3) is 3.92. The normalized spacial score (nSPS) is 10.2. The van der Waals surface area contributed by atoms with Gasteiger partial charge in [-0.25, -0.2) is 0 Å². The number of benzene rings is 1. The summed E-state index contributed by atoms with van der Waals surface area (Å²) < 4.78 is 5.40. The SMILES string of the molecule is CNCCOCc1cccc(N)c1. The zero-order valence-corrected chi connectivity index (χ0v) is 7.92. The van der Waals surface area contributed by atoms with Gasteiger partial charge in [0.15, 0.2) is 0 Å². The van der Waals surface area contributed by atoms with Gasteiger partial charge in [0.25, 0.3) is 0 Å². The molecule has 3 N–H and O–H groups in total. The predicted octanol–water partition coefficient (Wildman–Crippen LogP) is 1.00. The summed E-state index contributed by atoms with van der Waals surface area (Å²) in [6.45, 7) is 2.24. The molecule has 0 bridgehead atoms. The molecule has 0 aromatic heterocycles. The third-order valence-electron chi connectivity index (χ3n) is 1.72.